The van der Waals surface area contributed by atoms with E-state index >= 15 is 0 Å². The molecule has 0 fully saturated rings. The third-order valence-corrected chi connectivity index (χ3v) is 5.83. The van der Waals surface area contributed by atoms with Crippen molar-refractivity contribution in [3.63, 3.8) is 0 Å². The molecule has 168 valence electrons. The van der Waals surface area contributed by atoms with Gasteiger partial charge in [0, 0.05) is 22.9 Å². The Hall–Kier alpha value is -3.60. The van der Waals surface area contributed by atoms with Gasteiger partial charge in [-0.1, -0.05) is 30.3 Å². The monoisotopic (exact) mass is 459 g/mol. The number of aromatic carboxylic acids is 1. The summed E-state index contributed by atoms with van der Waals surface area (Å²) in [4.78, 5) is 35.7. The molecule has 0 saturated carbocycles. The van der Waals surface area contributed by atoms with Crippen molar-refractivity contribution >= 4 is 29.1 Å². The van der Waals surface area contributed by atoms with Gasteiger partial charge in [0.05, 0.1) is 12.2 Å². The Kier molecular flexibility index (Phi) is 7.31. The Morgan fingerprint density at radius 3 is 2.69 bits per heavy atom. The molecule has 0 aliphatic carbocycles. The van der Waals surface area contributed by atoms with Crippen molar-refractivity contribution in [3.05, 3.63) is 58.2 Å². The smallest absolute Gasteiger partial charge is 0.345 e. The summed E-state index contributed by atoms with van der Waals surface area (Å²) >= 11 is 1.05. The maximum Gasteiger partial charge on any atom is 0.345 e. The van der Waals surface area contributed by atoms with Gasteiger partial charge in [-0.2, -0.15) is 0 Å². The van der Waals surface area contributed by atoms with Crippen LogP contribution in [-0.2, 0) is 9.59 Å². The van der Waals surface area contributed by atoms with Gasteiger partial charge in [0.1, 0.15) is 22.4 Å². The molecule has 3 aromatic rings. The van der Waals surface area contributed by atoms with Gasteiger partial charge in [-0.25, -0.2) is 13.9 Å². The molecule has 4 N–H and O–H groups in total. The van der Waals surface area contributed by atoms with Crippen molar-refractivity contribution < 1.29 is 23.9 Å². The third kappa shape index (κ3) is 5.35. The van der Waals surface area contributed by atoms with E-state index < -0.39 is 35.7 Å². The fourth-order valence-electron chi connectivity index (χ4n) is 3.23. The van der Waals surface area contributed by atoms with Crippen LogP contribution in [0.4, 0.5) is 4.39 Å². The first-order valence-electron chi connectivity index (χ1n) is 9.87. The summed E-state index contributed by atoms with van der Waals surface area (Å²) in [7, 11) is 0. The SMILES string of the molecule is CC[C@@H](NC(=O)[C@@H](CCC(N)=O)n1cc(-c2csc(C(=O)O)c2)nn1)c1ccccc1F. The molecular formula is C21H22FN5O4S. The molecule has 3 rings (SSSR count). The third-order valence-electron chi connectivity index (χ3n) is 4.91. The lowest BCUT2D eigenvalue weighted by Gasteiger charge is -2.22. The number of thiophene rings is 1. The van der Waals surface area contributed by atoms with Crippen LogP contribution in [0.2, 0.25) is 0 Å². The number of primary amides is 1. The van der Waals surface area contributed by atoms with Gasteiger partial charge < -0.3 is 16.2 Å². The molecule has 2 aromatic heterocycles. The van der Waals surface area contributed by atoms with Gasteiger partial charge in [-0.3, -0.25) is 9.59 Å². The van der Waals surface area contributed by atoms with Gasteiger partial charge in [-0.15, -0.1) is 16.4 Å². The summed E-state index contributed by atoms with van der Waals surface area (Å²) in [6, 6.07) is 6.16. The Morgan fingerprint density at radius 1 is 1.31 bits per heavy atom. The molecule has 2 heterocycles. The highest BCUT2D eigenvalue weighted by Crippen LogP contribution is 2.26. The van der Waals surface area contributed by atoms with E-state index in [1.807, 2.05) is 6.92 Å². The van der Waals surface area contributed by atoms with Crippen molar-refractivity contribution in [2.75, 3.05) is 0 Å². The van der Waals surface area contributed by atoms with Crippen LogP contribution in [0, 0.1) is 5.82 Å². The van der Waals surface area contributed by atoms with Crippen LogP contribution < -0.4 is 11.1 Å². The molecule has 32 heavy (non-hydrogen) atoms. The molecule has 0 saturated heterocycles. The first kappa shape index (κ1) is 23.1. The van der Waals surface area contributed by atoms with Crippen molar-refractivity contribution in [1.82, 2.24) is 20.3 Å². The molecule has 0 unspecified atom stereocenters. The standard InChI is InChI=1S/C21H22FN5O4S/c1-2-15(13-5-3-4-6-14(13)22)24-20(29)17(7-8-19(23)28)27-10-16(25-26-27)12-9-18(21(30)31)32-11-12/h3-6,9-11,15,17H,2,7-8H2,1H3,(H2,23,28)(H,24,29)(H,30,31)/t15-,17-/m1/s1. The van der Waals surface area contributed by atoms with E-state index in [1.165, 1.54) is 23.0 Å². The first-order chi connectivity index (χ1) is 15.3. The highest BCUT2D eigenvalue weighted by Gasteiger charge is 2.26. The van der Waals surface area contributed by atoms with Gasteiger partial charge in [-0.05, 0) is 25.0 Å². The van der Waals surface area contributed by atoms with Crippen LogP contribution in [0.25, 0.3) is 11.3 Å². The van der Waals surface area contributed by atoms with E-state index in [2.05, 4.69) is 15.6 Å². The molecule has 0 radical (unpaired) electrons. The summed E-state index contributed by atoms with van der Waals surface area (Å²) in [6.07, 6.45) is 1.96. The van der Waals surface area contributed by atoms with E-state index in [0.717, 1.165) is 11.3 Å². The lowest BCUT2D eigenvalue weighted by Crippen LogP contribution is -2.36. The van der Waals surface area contributed by atoms with Crippen LogP contribution >= 0.6 is 11.3 Å². The molecule has 1 aromatic carbocycles. The number of halogens is 1. The maximum absolute atomic E-state index is 14.2. The quantitative estimate of drug-likeness (QED) is 0.426. The Balaban J connectivity index is 1.85. The number of hydrogen-bond acceptors (Lipinski definition) is 6. The summed E-state index contributed by atoms with van der Waals surface area (Å²) in [5.41, 5.74) is 6.55. The number of nitrogens with two attached hydrogens (primary N) is 1. The minimum Gasteiger partial charge on any atom is -0.477 e. The molecule has 0 spiro atoms. The molecule has 9 nitrogen and oxygen atoms in total. The predicted molar refractivity (Wildman–Crippen MR) is 115 cm³/mol. The normalized spacial score (nSPS) is 12.8. The average molecular weight is 460 g/mol. The lowest BCUT2D eigenvalue weighted by molar-refractivity contribution is -0.126. The number of carboxylic acids is 1. The Morgan fingerprint density at radius 2 is 2.06 bits per heavy atom. The zero-order chi connectivity index (χ0) is 23.3. The highest BCUT2D eigenvalue weighted by molar-refractivity contribution is 7.12. The number of hydrogen-bond donors (Lipinski definition) is 3. The van der Waals surface area contributed by atoms with Gasteiger partial charge in [0.25, 0.3) is 0 Å². The van der Waals surface area contributed by atoms with Crippen LogP contribution in [0.1, 0.15) is 53.5 Å². The first-order valence-corrected chi connectivity index (χ1v) is 10.7. The molecule has 0 aliphatic rings. The second-order valence-corrected chi connectivity index (χ2v) is 8.01. The molecule has 2 atom stereocenters. The number of rotatable bonds is 10. The van der Waals surface area contributed by atoms with Crippen LogP contribution in [0.5, 0.6) is 0 Å². The largest absolute Gasteiger partial charge is 0.477 e. The number of nitrogens with zero attached hydrogens (tertiary/aromatic N) is 3. The van der Waals surface area contributed by atoms with Crippen LogP contribution in [0.3, 0.4) is 0 Å². The minimum absolute atomic E-state index is 0.0641. The fourth-order valence-corrected chi connectivity index (χ4v) is 3.97. The Labute approximate surface area is 187 Å². The zero-order valence-corrected chi connectivity index (χ0v) is 18.0. The van der Waals surface area contributed by atoms with E-state index in [4.69, 9.17) is 10.8 Å². The number of amides is 2. The van der Waals surface area contributed by atoms with E-state index in [0.29, 0.717) is 23.2 Å². The topological polar surface area (TPSA) is 140 Å². The lowest BCUT2D eigenvalue weighted by atomic mass is 10.0. The van der Waals surface area contributed by atoms with Crippen molar-refractivity contribution in [2.45, 2.75) is 38.3 Å². The second kappa shape index (κ2) is 10.1. The van der Waals surface area contributed by atoms with Gasteiger partial charge in [0.15, 0.2) is 0 Å². The van der Waals surface area contributed by atoms with E-state index in [-0.39, 0.29) is 17.7 Å². The van der Waals surface area contributed by atoms with Crippen LogP contribution in [0.15, 0.2) is 41.9 Å². The second-order valence-electron chi connectivity index (χ2n) is 7.10. The molecule has 0 bridgehead atoms. The maximum atomic E-state index is 14.2. The predicted octanol–water partition coefficient (Wildman–Crippen LogP) is 2.92. The highest BCUT2D eigenvalue weighted by atomic mass is 32.1. The zero-order valence-electron chi connectivity index (χ0n) is 17.2. The number of aromatic nitrogens is 3. The van der Waals surface area contributed by atoms with Crippen molar-refractivity contribution in [1.29, 1.82) is 0 Å². The summed E-state index contributed by atoms with van der Waals surface area (Å²) < 4.78 is 15.5. The van der Waals surface area contributed by atoms with Crippen molar-refractivity contribution in [2.24, 2.45) is 5.73 Å². The fraction of sp³-hybridized carbons (Fsp3) is 0.286. The average Bonchev–Trinajstić information content (AvgIpc) is 3.42. The van der Waals surface area contributed by atoms with E-state index in [1.54, 1.807) is 23.6 Å². The molecule has 11 heteroatoms. The number of nitrogens with one attached hydrogen (secondary N) is 1. The summed E-state index contributed by atoms with van der Waals surface area (Å²) in [6.45, 7) is 1.82. The van der Waals surface area contributed by atoms with Crippen molar-refractivity contribution in [3.8, 4) is 11.3 Å². The van der Waals surface area contributed by atoms with Gasteiger partial charge >= 0.3 is 5.97 Å². The molecule has 2 amide bonds. The molecular weight excluding hydrogens is 437 g/mol. The number of carbonyl (C=O) groups is 3. The van der Waals surface area contributed by atoms with Crippen LogP contribution in [-0.4, -0.2) is 37.9 Å². The Bertz CT molecular complexity index is 1130. The summed E-state index contributed by atoms with van der Waals surface area (Å²) in [5, 5.41) is 21.6. The molecule has 0 aliphatic heterocycles. The number of carbonyl (C=O) groups excluding carboxylic acids is 2. The van der Waals surface area contributed by atoms with E-state index in [9.17, 15) is 18.8 Å². The minimum atomic E-state index is -1.05. The summed E-state index contributed by atoms with van der Waals surface area (Å²) in [5.74, 6) is -2.52. The number of benzene rings is 1. The number of carboxylic acid groups (broad SMARTS) is 1. The van der Waals surface area contributed by atoms with Gasteiger partial charge in [0.2, 0.25) is 11.8 Å².